The number of hydrogen-bond acceptors (Lipinski definition) is 3. The van der Waals surface area contributed by atoms with Crippen LogP contribution in [-0.4, -0.2) is 27.4 Å². The number of aryl methyl sites for hydroxylation is 4. The van der Waals surface area contributed by atoms with Crippen LogP contribution in [0.5, 0.6) is 0 Å². The van der Waals surface area contributed by atoms with E-state index in [1.807, 2.05) is 45.0 Å². The Morgan fingerprint density at radius 1 is 1.07 bits per heavy atom. The molecule has 5 nitrogen and oxygen atoms in total. The van der Waals surface area contributed by atoms with Crippen LogP contribution in [0.2, 0.25) is 0 Å². The predicted octanol–water partition coefficient (Wildman–Crippen LogP) is 3.51. The van der Waals surface area contributed by atoms with Crippen molar-refractivity contribution < 1.29 is 13.2 Å². The normalized spacial score (nSPS) is 11.4. The molecule has 0 saturated heterocycles. The Morgan fingerprint density at radius 3 is 2.37 bits per heavy atom. The molecule has 146 valence electrons. The number of hydrogen-bond donors (Lipinski definition) is 1. The first-order valence-electron chi connectivity index (χ1n) is 9.11. The minimum absolute atomic E-state index is 0.107. The number of sulfonamides is 1. The summed E-state index contributed by atoms with van der Waals surface area (Å²) < 4.78 is 27.9. The Morgan fingerprint density at radius 2 is 1.78 bits per heavy atom. The maximum Gasteiger partial charge on any atom is 0.240 e. The van der Waals surface area contributed by atoms with Crippen molar-refractivity contribution in [1.29, 1.82) is 0 Å². The minimum Gasteiger partial charge on any atom is -0.311 e. The van der Waals surface area contributed by atoms with Crippen molar-refractivity contribution in [2.45, 2.75) is 45.9 Å². The Hall–Kier alpha value is -2.18. The van der Waals surface area contributed by atoms with E-state index in [9.17, 15) is 13.2 Å². The summed E-state index contributed by atoms with van der Waals surface area (Å²) in [4.78, 5) is 14.2. The van der Waals surface area contributed by atoms with Crippen LogP contribution in [0.15, 0.2) is 41.3 Å². The van der Waals surface area contributed by atoms with Gasteiger partial charge in [0, 0.05) is 25.7 Å². The van der Waals surface area contributed by atoms with Gasteiger partial charge >= 0.3 is 0 Å². The molecule has 0 aliphatic carbocycles. The highest BCUT2D eigenvalue weighted by Crippen LogP contribution is 2.26. The van der Waals surface area contributed by atoms with Gasteiger partial charge in [0.1, 0.15) is 0 Å². The highest BCUT2D eigenvalue weighted by molar-refractivity contribution is 7.89. The zero-order valence-electron chi connectivity index (χ0n) is 16.7. The number of amides is 1. The van der Waals surface area contributed by atoms with E-state index in [1.165, 1.54) is 6.92 Å². The molecule has 1 amide bonds. The molecule has 0 bridgehead atoms. The van der Waals surface area contributed by atoms with Gasteiger partial charge in [-0.15, -0.1) is 0 Å². The lowest BCUT2D eigenvalue weighted by molar-refractivity contribution is -0.116. The SMILES string of the molecule is CCc1cccc(C)c1N(CCNS(=O)(=O)c1ccc(C)cc1C)C(C)=O. The van der Waals surface area contributed by atoms with Crippen LogP contribution in [0.3, 0.4) is 0 Å². The standard InChI is InChI=1S/C21H28N2O3S/c1-6-19-9-7-8-16(3)21(19)23(18(5)24)13-12-22-27(25,26)20-11-10-15(2)14-17(20)4/h7-11,14,22H,6,12-13H2,1-5H3. The molecule has 0 saturated carbocycles. The number of rotatable bonds is 7. The molecular weight excluding hydrogens is 360 g/mol. The third-order valence-electron chi connectivity index (χ3n) is 4.60. The first-order chi connectivity index (χ1) is 12.7. The third-order valence-corrected chi connectivity index (χ3v) is 6.22. The first kappa shape index (κ1) is 21.1. The van der Waals surface area contributed by atoms with Gasteiger partial charge in [0.15, 0.2) is 0 Å². The van der Waals surface area contributed by atoms with Crippen LogP contribution in [0, 0.1) is 20.8 Å². The quantitative estimate of drug-likeness (QED) is 0.789. The molecule has 0 spiro atoms. The number of nitrogens with one attached hydrogen (secondary N) is 1. The second kappa shape index (κ2) is 8.67. The summed E-state index contributed by atoms with van der Waals surface area (Å²) in [5, 5.41) is 0. The monoisotopic (exact) mass is 388 g/mol. The van der Waals surface area contributed by atoms with Crippen LogP contribution in [0.4, 0.5) is 5.69 Å². The lowest BCUT2D eigenvalue weighted by Gasteiger charge is -2.26. The van der Waals surface area contributed by atoms with Crippen LogP contribution in [0.1, 0.15) is 36.1 Å². The van der Waals surface area contributed by atoms with Gasteiger partial charge < -0.3 is 4.90 Å². The van der Waals surface area contributed by atoms with E-state index in [1.54, 1.807) is 24.0 Å². The van der Waals surface area contributed by atoms with Gasteiger partial charge in [-0.3, -0.25) is 4.79 Å². The van der Waals surface area contributed by atoms with Gasteiger partial charge in [-0.05, 0) is 49.9 Å². The van der Waals surface area contributed by atoms with E-state index < -0.39 is 10.0 Å². The molecule has 27 heavy (non-hydrogen) atoms. The van der Waals surface area contributed by atoms with Crippen LogP contribution < -0.4 is 9.62 Å². The van der Waals surface area contributed by atoms with Crippen molar-refractivity contribution >= 4 is 21.6 Å². The number of anilines is 1. The fourth-order valence-electron chi connectivity index (χ4n) is 3.29. The van der Waals surface area contributed by atoms with E-state index >= 15 is 0 Å². The van der Waals surface area contributed by atoms with E-state index in [-0.39, 0.29) is 23.9 Å². The van der Waals surface area contributed by atoms with Gasteiger partial charge in [-0.2, -0.15) is 0 Å². The smallest absolute Gasteiger partial charge is 0.240 e. The molecule has 0 aromatic heterocycles. The minimum atomic E-state index is -3.63. The van der Waals surface area contributed by atoms with Gasteiger partial charge in [0.05, 0.1) is 4.90 Å². The van der Waals surface area contributed by atoms with Crippen LogP contribution >= 0.6 is 0 Å². The summed E-state index contributed by atoms with van der Waals surface area (Å²) in [6.07, 6.45) is 0.801. The Bertz CT molecular complexity index is 936. The van der Waals surface area contributed by atoms with Crippen molar-refractivity contribution in [3.63, 3.8) is 0 Å². The van der Waals surface area contributed by atoms with Crippen molar-refractivity contribution in [1.82, 2.24) is 4.72 Å². The molecule has 0 aliphatic rings. The molecule has 6 heteroatoms. The second-order valence-corrected chi connectivity index (χ2v) is 8.51. The molecule has 0 atom stereocenters. The molecule has 1 N–H and O–H groups in total. The topological polar surface area (TPSA) is 66.5 Å². The van der Waals surface area contributed by atoms with Gasteiger partial charge in [0.2, 0.25) is 15.9 Å². The molecule has 0 radical (unpaired) electrons. The third kappa shape index (κ3) is 4.96. The van der Waals surface area contributed by atoms with Gasteiger partial charge in [0.25, 0.3) is 0 Å². The summed E-state index contributed by atoms with van der Waals surface area (Å²) in [7, 11) is -3.63. The first-order valence-corrected chi connectivity index (χ1v) is 10.6. The zero-order chi connectivity index (χ0) is 20.2. The summed E-state index contributed by atoms with van der Waals surface area (Å²) in [6.45, 7) is 9.64. The van der Waals surface area contributed by atoms with Crippen molar-refractivity contribution in [3.05, 3.63) is 58.7 Å². The highest BCUT2D eigenvalue weighted by Gasteiger charge is 2.20. The molecule has 2 aromatic carbocycles. The van der Waals surface area contributed by atoms with E-state index in [2.05, 4.69) is 4.72 Å². The van der Waals surface area contributed by atoms with Gasteiger partial charge in [-0.1, -0.05) is 42.8 Å². The maximum atomic E-state index is 12.6. The summed E-state index contributed by atoms with van der Waals surface area (Å²) in [5.41, 5.74) is 4.67. The van der Waals surface area contributed by atoms with E-state index in [4.69, 9.17) is 0 Å². The number of benzene rings is 2. The lowest BCUT2D eigenvalue weighted by Crippen LogP contribution is -2.38. The maximum absolute atomic E-state index is 12.6. The Balaban J connectivity index is 2.19. The summed E-state index contributed by atoms with van der Waals surface area (Å²) in [5.74, 6) is -0.107. The van der Waals surface area contributed by atoms with E-state index in [0.29, 0.717) is 5.56 Å². The lowest BCUT2D eigenvalue weighted by atomic mass is 10.0. The fourth-order valence-corrected chi connectivity index (χ4v) is 4.53. The fraction of sp³-hybridized carbons (Fsp3) is 0.381. The Labute approximate surface area is 162 Å². The molecule has 0 aliphatic heterocycles. The zero-order valence-corrected chi connectivity index (χ0v) is 17.5. The number of carbonyl (C=O) groups excluding carboxylic acids is 1. The average Bonchev–Trinajstić information content (AvgIpc) is 2.58. The number of nitrogens with zero attached hydrogens (tertiary/aromatic N) is 1. The number of para-hydroxylation sites is 1. The molecule has 2 aromatic rings. The van der Waals surface area contributed by atoms with Crippen molar-refractivity contribution in [3.8, 4) is 0 Å². The van der Waals surface area contributed by atoms with Crippen LogP contribution in [0.25, 0.3) is 0 Å². The second-order valence-electron chi connectivity index (χ2n) is 6.77. The largest absolute Gasteiger partial charge is 0.311 e. The molecule has 0 heterocycles. The molecule has 0 fully saturated rings. The van der Waals surface area contributed by atoms with Crippen molar-refractivity contribution in [2.24, 2.45) is 0 Å². The Kier molecular flexibility index (Phi) is 6.78. The van der Waals surface area contributed by atoms with Crippen LogP contribution in [-0.2, 0) is 21.2 Å². The van der Waals surface area contributed by atoms with Crippen molar-refractivity contribution in [2.75, 3.05) is 18.0 Å². The molecular formula is C21H28N2O3S. The molecule has 0 unspecified atom stereocenters. The van der Waals surface area contributed by atoms with E-state index in [0.717, 1.165) is 28.8 Å². The summed E-state index contributed by atoms with van der Waals surface area (Å²) in [6, 6.07) is 11.2. The summed E-state index contributed by atoms with van der Waals surface area (Å²) >= 11 is 0. The number of carbonyl (C=O) groups is 1. The average molecular weight is 389 g/mol. The van der Waals surface area contributed by atoms with Gasteiger partial charge in [-0.25, -0.2) is 13.1 Å². The predicted molar refractivity (Wildman–Crippen MR) is 110 cm³/mol. The molecule has 2 rings (SSSR count). The highest BCUT2D eigenvalue weighted by atomic mass is 32.2.